The number of hydrogen-bond acceptors (Lipinski definition) is 2. The first-order chi connectivity index (χ1) is 29.9. The zero-order valence-corrected chi connectivity index (χ0v) is 36.4. The highest BCUT2D eigenvalue weighted by atomic mass is 16.3. The predicted octanol–water partition coefficient (Wildman–Crippen LogP) is 13.7. The van der Waals surface area contributed by atoms with Gasteiger partial charge in [0.05, 0.1) is 5.52 Å². The van der Waals surface area contributed by atoms with Gasteiger partial charge in [-0.2, -0.15) is 0 Å². The zero-order chi connectivity index (χ0) is 42.0. The number of anilines is 2. The Labute approximate surface area is 363 Å². The molecular weight excluding hydrogens is 751 g/mol. The normalized spacial score (nSPS) is 15.1. The number of furan rings is 1. The molecule has 13 rings (SSSR count). The van der Waals surface area contributed by atoms with E-state index >= 15 is 0 Å². The van der Waals surface area contributed by atoms with Crippen molar-refractivity contribution in [2.45, 2.75) is 64.7 Å². The SMILES string of the molecule is CC(C)(C)c1ccc(Nc2cc3c(cc2-c2ccc4c5cc6c(cc5n5c4c2Bc2cc4c(cc2-5)C(C)(C)c2ccccc2-4)oc2ccccc26)-c2ccccc2C3(C)C)cc1. The fourth-order valence-electron chi connectivity index (χ4n) is 11.7. The second-order valence-corrected chi connectivity index (χ2v) is 20.2. The Morgan fingerprint density at radius 2 is 1.18 bits per heavy atom. The van der Waals surface area contributed by atoms with Crippen LogP contribution >= 0.6 is 0 Å². The average Bonchev–Trinajstić information content (AvgIpc) is 3.93. The van der Waals surface area contributed by atoms with Gasteiger partial charge in [0.1, 0.15) is 11.2 Å². The van der Waals surface area contributed by atoms with Crippen molar-refractivity contribution in [2.24, 2.45) is 0 Å². The Balaban J connectivity index is 1.11. The standard InChI is InChI=1S/C58H47BN2O/c1-56(2,3)32-20-22-33(23-21-32)60-49-29-46-39(34-14-8-11-17-44(34)57(46,4)5)26-41(49)37-24-25-38-42-27-43-36-16-10-13-19-52(36)62-53(43)31-50(42)61-51-30-47-40(28-48(51)59-54(37)55(38)61)35-15-9-12-18-45(35)58(47,6)7/h8-31,59-60H,1-7H3. The van der Waals surface area contributed by atoms with Crippen molar-refractivity contribution in [3.8, 4) is 39.1 Å². The van der Waals surface area contributed by atoms with Gasteiger partial charge < -0.3 is 14.3 Å². The van der Waals surface area contributed by atoms with Gasteiger partial charge in [0, 0.05) is 66.6 Å². The molecule has 3 nitrogen and oxygen atoms in total. The summed E-state index contributed by atoms with van der Waals surface area (Å²) in [5.41, 5.74) is 25.0. The van der Waals surface area contributed by atoms with E-state index < -0.39 is 0 Å². The molecule has 8 aromatic carbocycles. The van der Waals surface area contributed by atoms with Crippen LogP contribution in [0.4, 0.5) is 11.4 Å². The lowest BCUT2D eigenvalue weighted by molar-refractivity contribution is 0.590. The molecule has 298 valence electrons. The molecule has 3 heterocycles. The highest BCUT2D eigenvalue weighted by molar-refractivity contribution is 6.73. The van der Waals surface area contributed by atoms with Gasteiger partial charge >= 0.3 is 0 Å². The summed E-state index contributed by atoms with van der Waals surface area (Å²) in [6.07, 6.45) is 0. The summed E-state index contributed by atoms with van der Waals surface area (Å²) in [5.74, 6) is 0. The van der Waals surface area contributed by atoms with Gasteiger partial charge in [0.2, 0.25) is 0 Å². The fraction of sp³-hybridized carbons (Fsp3) is 0.172. The smallest absolute Gasteiger partial charge is 0.198 e. The van der Waals surface area contributed by atoms with Crippen molar-refractivity contribution in [2.75, 3.05) is 5.32 Å². The molecule has 2 aromatic heterocycles. The highest BCUT2D eigenvalue weighted by Crippen LogP contribution is 2.53. The van der Waals surface area contributed by atoms with Crippen LogP contribution in [0.25, 0.3) is 82.8 Å². The van der Waals surface area contributed by atoms with Crippen LogP contribution in [-0.4, -0.2) is 11.8 Å². The quantitative estimate of drug-likeness (QED) is 0.180. The molecule has 0 radical (unpaired) electrons. The molecule has 0 fully saturated rings. The molecule has 2 aliphatic carbocycles. The van der Waals surface area contributed by atoms with E-state index in [0.717, 1.165) is 40.6 Å². The summed E-state index contributed by atoms with van der Waals surface area (Å²) in [4.78, 5) is 0. The zero-order valence-electron chi connectivity index (χ0n) is 36.4. The largest absolute Gasteiger partial charge is 0.456 e. The number of fused-ring (bicyclic) bond motifs is 14. The molecule has 0 atom stereocenters. The lowest BCUT2D eigenvalue weighted by Gasteiger charge is -2.27. The van der Waals surface area contributed by atoms with E-state index in [1.165, 1.54) is 99.6 Å². The number of hydrogen-bond donors (Lipinski definition) is 1. The number of nitrogens with zero attached hydrogens (tertiary/aromatic N) is 1. The van der Waals surface area contributed by atoms with Crippen LogP contribution < -0.4 is 16.2 Å². The van der Waals surface area contributed by atoms with Crippen molar-refractivity contribution >= 4 is 73.3 Å². The van der Waals surface area contributed by atoms with Crippen molar-refractivity contribution in [1.29, 1.82) is 0 Å². The van der Waals surface area contributed by atoms with Gasteiger partial charge in [-0.3, -0.25) is 0 Å². The molecule has 3 aliphatic rings. The van der Waals surface area contributed by atoms with Crippen LogP contribution in [0, 0.1) is 0 Å². The van der Waals surface area contributed by atoms with E-state index in [4.69, 9.17) is 4.42 Å². The third kappa shape index (κ3) is 4.73. The van der Waals surface area contributed by atoms with E-state index in [1.807, 2.05) is 0 Å². The van der Waals surface area contributed by atoms with Crippen molar-refractivity contribution in [1.82, 2.24) is 4.57 Å². The minimum Gasteiger partial charge on any atom is -0.456 e. The number of nitrogens with one attached hydrogen (secondary N) is 1. The van der Waals surface area contributed by atoms with E-state index in [-0.39, 0.29) is 16.2 Å². The molecule has 62 heavy (non-hydrogen) atoms. The number of aromatic nitrogens is 1. The minimum atomic E-state index is -0.133. The Kier molecular flexibility index (Phi) is 6.94. The molecule has 1 aliphatic heterocycles. The van der Waals surface area contributed by atoms with Crippen LogP contribution in [0.5, 0.6) is 0 Å². The van der Waals surface area contributed by atoms with Crippen molar-refractivity contribution in [3.63, 3.8) is 0 Å². The number of para-hydroxylation sites is 1. The molecule has 10 aromatic rings. The van der Waals surface area contributed by atoms with E-state index in [2.05, 4.69) is 204 Å². The first kappa shape index (κ1) is 35.9. The second-order valence-electron chi connectivity index (χ2n) is 20.2. The topological polar surface area (TPSA) is 30.1 Å². The Morgan fingerprint density at radius 1 is 0.516 bits per heavy atom. The Hall–Kier alpha value is -6.78. The molecule has 1 N–H and O–H groups in total. The summed E-state index contributed by atoms with van der Waals surface area (Å²) in [5, 5.41) is 8.84. The molecular formula is C58H47BN2O. The van der Waals surface area contributed by atoms with Gasteiger partial charge in [-0.05, 0) is 109 Å². The summed E-state index contributed by atoms with van der Waals surface area (Å²) in [6.45, 7) is 16.4. The van der Waals surface area contributed by atoms with Crippen molar-refractivity contribution in [3.05, 3.63) is 173 Å². The molecule has 0 saturated heterocycles. The van der Waals surface area contributed by atoms with Crippen LogP contribution in [-0.2, 0) is 16.2 Å². The molecule has 0 amide bonds. The first-order valence-electron chi connectivity index (χ1n) is 22.2. The van der Waals surface area contributed by atoms with Crippen LogP contribution in [0.3, 0.4) is 0 Å². The van der Waals surface area contributed by atoms with Gasteiger partial charge in [0.25, 0.3) is 0 Å². The van der Waals surface area contributed by atoms with Crippen LogP contribution in [0.15, 0.2) is 150 Å². The summed E-state index contributed by atoms with van der Waals surface area (Å²) >= 11 is 0. The van der Waals surface area contributed by atoms with Crippen molar-refractivity contribution < 1.29 is 4.42 Å². The molecule has 4 heteroatoms. The Morgan fingerprint density at radius 3 is 1.90 bits per heavy atom. The predicted molar refractivity (Wildman–Crippen MR) is 263 cm³/mol. The van der Waals surface area contributed by atoms with E-state index in [1.54, 1.807) is 0 Å². The lowest BCUT2D eigenvalue weighted by atomic mass is 9.58. The average molecular weight is 799 g/mol. The maximum atomic E-state index is 6.60. The van der Waals surface area contributed by atoms with Gasteiger partial charge in [0.15, 0.2) is 7.28 Å². The van der Waals surface area contributed by atoms with E-state index in [9.17, 15) is 0 Å². The third-order valence-electron chi connectivity index (χ3n) is 15.0. The minimum absolute atomic E-state index is 0.0769. The van der Waals surface area contributed by atoms with Gasteiger partial charge in [-0.25, -0.2) is 0 Å². The lowest BCUT2D eigenvalue weighted by Crippen LogP contribution is -2.37. The summed E-state index contributed by atoms with van der Waals surface area (Å²) < 4.78 is 9.18. The number of rotatable bonds is 3. The maximum Gasteiger partial charge on any atom is 0.198 e. The van der Waals surface area contributed by atoms with Gasteiger partial charge in [-0.1, -0.05) is 151 Å². The summed E-state index contributed by atoms with van der Waals surface area (Å²) in [7, 11) is 0.826. The van der Waals surface area contributed by atoms with Gasteiger partial charge in [-0.15, -0.1) is 0 Å². The second kappa shape index (κ2) is 12.0. The van der Waals surface area contributed by atoms with E-state index in [0.29, 0.717) is 0 Å². The van der Waals surface area contributed by atoms with Crippen LogP contribution in [0.1, 0.15) is 76.3 Å². The molecule has 0 bridgehead atoms. The summed E-state index contributed by atoms with van der Waals surface area (Å²) in [6, 6.07) is 55.0. The molecule has 0 unspecified atom stereocenters. The first-order valence-corrected chi connectivity index (χ1v) is 22.2. The maximum absolute atomic E-state index is 6.60. The monoisotopic (exact) mass is 798 g/mol. The fourth-order valence-corrected chi connectivity index (χ4v) is 11.7. The molecule has 0 saturated carbocycles. The molecule has 0 spiro atoms. The van der Waals surface area contributed by atoms with Crippen LogP contribution in [0.2, 0.25) is 0 Å². The number of benzene rings is 8. The third-order valence-corrected chi connectivity index (χ3v) is 15.0. The highest BCUT2D eigenvalue weighted by Gasteiger charge is 2.39. The Bertz CT molecular complexity index is 3610.